The molecule has 23 heavy (non-hydrogen) atoms. The highest BCUT2D eigenvalue weighted by Gasteiger charge is 2.33. The Kier molecular flexibility index (Phi) is 4.24. The summed E-state index contributed by atoms with van der Waals surface area (Å²) in [6.45, 7) is 7.63. The second-order valence-corrected chi connectivity index (χ2v) is 6.25. The van der Waals surface area contributed by atoms with E-state index in [2.05, 4.69) is 21.6 Å². The second kappa shape index (κ2) is 6.18. The SMILES string of the molecule is CCn1ccnc1C1CCCCN1C(=O)c1c(C)nn(C)c1C. The van der Waals surface area contributed by atoms with Crippen LogP contribution in [-0.2, 0) is 13.6 Å². The van der Waals surface area contributed by atoms with Crippen molar-refractivity contribution in [3.8, 4) is 0 Å². The molecular formula is C17H25N5O. The van der Waals surface area contributed by atoms with Crippen LogP contribution in [0.15, 0.2) is 12.4 Å². The predicted molar refractivity (Wildman–Crippen MR) is 88.2 cm³/mol. The van der Waals surface area contributed by atoms with Gasteiger partial charge in [0.1, 0.15) is 5.82 Å². The first-order chi connectivity index (χ1) is 11.0. The van der Waals surface area contributed by atoms with E-state index in [0.29, 0.717) is 0 Å². The summed E-state index contributed by atoms with van der Waals surface area (Å²) in [5.74, 6) is 1.09. The molecule has 1 fully saturated rings. The molecule has 2 aromatic heterocycles. The summed E-state index contributed by atoms with van der Waals surface area (Å²) in [4.78, 5) is 19.7. The molecule has 3 rings (SSSR count). The molecular weight excluding hydrogens is 290 g/mol. The summed E-state index contributed by atoms with van der Waals surface area (Å²) in [5, 5.41) is 4.40. The van der Waals surface area contributed by atoms with Crippen LogP contribution in [0, 0.1) is 13.8 Å². The summed E-state index contributed by atoms with van der Waals surface area (Å²) in [6.07, 6.45) is 6.98. The summed E-state index contributed by atoms with van der Waals surface area (Å²) in [5.41, 5.74) is 2.47. The molecule has 2 aromatic rings. The highest BCUT2D eigenvalue weighted by atomic mass is 16.2. The van der Waals surface area contributed by atoms with Crippen LogP contribution in [0.3, 0.4) is 0 Å². The molecule has 3 heterocycles. The van der Waals surface area contributed by atoms with Crippen molar-refractivity contribution in [1.82, 2.24) is 24.2 Å². The van der Waals surface area contributed by atoms with Crippen molar-refractivity contribution in [2.24, 2.45) is 7.05 Å². The molecule has 0 radical (unpaired) electrons. The van der Waals surface area contributed by atoms with Gasteiger partial charge in [0.15, 0.2) is 0 Å². The number of carbonyl (C=O) groups is 1. The number of amides is 1. The van der Waals surface area contributed by atoms with E-state index in [1.807, 2.05) is 38.2 Å². The molecule has 6 nitrogen and oxygen atoms in total. The van der Waals surface area contributed by atoms with E-state index in [9.17, 15) is 4.79 Å². The number of likely N-dealkylation sites (tertiary alicyclic amines) is 1. The number of hydrogen-bond donors (Lipinski definition) is 0. The zero-order valence-electron chi connectivity index (χ0n) is 14.4. The molecule has 0 N–H and O–H groups in total. The van der Waals surface area contributed by atoms with Gasteiger partial charge in [-0.15, -0.1) is 0 Å². The molecule has 0 saturated carbocycles. The summed E-state index contributed by atoms with van der Waals surface area (Å²) in [7, 11) is 1.89. The van der Waals surface area contributed by atoms with Gasteiger partial charge >= 0.3 is 0 Å². The molecule has 1 aliphatic heterocycles. The first-order valence-electron chi connectivity index (χ1n) is 8.36. The van der Waals surface area contributed by atoms with Gasteiger partial charge in [0.2, 0.25) is 0 Å². The normalized spacial score (nSPS) is 18.4. The molecule has 0 bridgehead atoms. The number of carbonyl (C=O) groups excluding carboxylic acids is 1. The average Bonchev–Trinajstić information content (AvgIpc) is 3.11. The van der Waals surface area contributed by atoms with Crippen LogP contribution in [0.1, 0.15) is 59.8 Å². The molecule has 1 atom stereocenters. The van der Waals surface area contributed by atoms with Crippen molar-refractivity contribution < 1.29 is 4.79 Å². The van der Waals surface area contributed by atoms with E-state index in [1.54, 1.807) is 4.68 Å². The van der Waals surface area contributed by atoms with Gasteiger partial charge in [0.25, 0.3) is 5.91 Å². The molecule has 0 aromatic carbocycles. The van der Waals surface area contributed by atoms with Crippen molar-refractivity contribution in [3.63, 3.8) is 0 Å². The Bertz CT molecular complexity index is 715. The van der Waals surface area contributed by atoms with Gasteiger partial charge in [-0.05, 0) is 40.0 Å². The lowest BCUT2D eigenvalue weighted by Gasteiger charge is -2.35. The maximum Gasteiger partial charge on any atom is 0.258 e. The van der Waals surface area contributed by atoms with Crippen LogP contribution in [-0.4, -0.2) is 36.7 Å². The van der Waals surface area contributed by atoms with Crippen LogP contribution in [0.4, 0.5) is 0 Å². The van der Waals surface area contributed by atoms with E-state index in [4.69, 9.17) is 0 Å². The monoisotopic (exact) mass is 315 g/mol. The van der Waals surface area contributed by atoms with Gasteiger partial charge in [0, 0.05) is 38.2 Å². The minimum absolute atomic E-state index is 0.0604. The largest absolute Gasteiger partial charge is 0.333 e. The van der Waals surface area contributed by atoms with Crippen molar-refractivity contribution in [2.45, 2.75) is 52.6 Å². The maximum absolute atomic E-state index is 13.2. The third-order valence-electron chi connectivity index (χ3n) is 4.87. The number of piperidine rings is 1. The molecule has 6 heteroatoms. The van der Waals surface area contributed by atoms with Crippen LogP contribution in [0.2, 0.25) is 0 Å². The summed E-state index contributed by atoms with van der Waals surface area (Å²) in [6, 6.07) is 0.0604. The fourth-order valence-corrected chi connectivity index (χ4v) is 3.56. The quantitative estimate of drug-likeness (QED) is 0.875. The number of aryl methyl sites for hydroxylation is 3. The number of hydrogen-bond acceptors (Lipinski definition) is 3. The van der Waals surface area contributed by atoms with E-state index < -0.39 is 0 Å². The van der Waals surface area contributed by atoms with Gasteiger partial charge in [-0.2, -0.15) is 5.10 Å². The minimum Gasteiger partial charge on any atom is -0.333 e. The standard InChI is InChI=1S/C17H25N5O/c1-5-21-11-9-18-16(21)14-8-6-7-10-22(14)17(23)15-12(2)19-20(4)13(15)3/h9,11,14H,5-8,10H2,1-4H3. The van der Waals surface area contributed by atoms with Crippen molar-refractivity contribution in [2.75, 3.05) is 6.54 Å². The van der Waals surface area contributed by atoms with Crippen LogP contribution in [0.5, 0.6) is 0 Å². The number of aromatic nitrogens is 4. The van der Waals surface area contributed by atoms with Crippen molar-refractivity contribution in [1.29, 1.82) is 0 Å². The summed E-state index contributed by atoms with van der Waals surface area (Å²) < 4.78 is 3.92. The number of imidazole rings is 1. The molecule has 1 aliphatic rings. The first kappa shape index (κ1) is 15.8. The summed E-state index contributed by atoms with van der Waals surface area (Å²) >= 11 is 0. The molecule has 124 valence electrons. The van der Waals surface area contributed by atoms with E-state index >= 15 is 0 Å². The Morgan fingerprint density at radius 3 is 2.78 bits per heavy atom. The fraction of sp³-hybridized carbons (Fsp3) is 0.588. The molecule has 1 saturated heterocycles. The molecule has 0 aliphatic carbocycles. The topological polar surface area (TPSA) is 56.0 Å². The van der Waals surface area contributed by atoms with Crippen molar-refractivity contribution in [3.05, 3.63) is 35.2 Å². The number of rotatable bonds is 3. The Labute approximate surface area is 137 Å². The zero-order chi connectivity index (χ0) is 16.6. The lowest BCUT2D eigenvalue weighted by atomic mass is 9.99. The molecule has 1 unspecified atom stereocenters. The van der Waals surface area contributed by atoms with Crippen LogP contribution < -0.4 is 0 Å². The second-order valence-electron chi connectivity index (χ2n) is 6.25. The third kappa shape index (κ3) is 2.66. The van der Waals surface area contributed by atoms with E-state index in [-0.39, 0.29) is 11.9 Å². The average molecular weight is 315 g/mol. The Balaban J connectivity index is 1.97. The van der Waals surface area contributed by atoms with E-state index in [0.717, 1.165) is 55.1 Å². The van der Waals surface area contributed by atoms with Crippen LogP contribution in [0.25, 0.3) is 0 Å². The third-order valence-corrected chi connectivity index (χ3v) is 4.87. The van der Waals surface area contributed by atoms with Crippen LogP contribution >= 0.6 is 0 Å². The lowest BCUT2D eigenvalue weighted by Crippen LogP contribution is -2.40. The van der Waals surface area contributed by atoms with Gasteiger partial charge in [0.05, 0.1) is 17.3 Å². The van der Waals surface area contributed by atoms with Gasteiger partial charge < -0.3 is 9.47 Å². The Morgan fingerprint density at radius 2 is 2.13 bits per heavy atom. The van der Waals surface area contributed by atoms with Gasteiger partial charge in [-0.1, -0.05) is 0 Å². The first-order valence-corrected chi connectivity index (χ1v) is 8.36. The highest BCUT2D eigenvalue weighted by molar-refractivity contribution is 5.96. The maximum atomic E-state index is 13.2. The minimum atomic E-state index is 0.0604. The predicted octanol–water partition coefficient (Wildman–Crippen LogP) is 2.62. The lowest BCUT2D eigenvalue weighted by molar-refractivity contribution is 0.0593. The fourth-order valence-electron chi connectivity index (χ4n) is 3.56. The Hall–Kier alpha value is -2.11. The van der Waals surface area contributed by atoms with Gasteiger partial charge in [-0.3, -0.25) is 9.48 Å². The molecule has 1 amide bonds. The zero-order valence-corrected chi connectivity index (χ0v) is 14.4. The highest BCUT2D eigenvalue weighted by Crippen LogP contribution is 2.32. The van der Waals surface area contributed by atoms with Gasteiger partial charge in [-0.25, -0.2) is 4.98 Å². The Morgan fingerprint density at radius 1 is 1.35 bits per heavy atom. The number of nitrogens with zero attached hydrogens (tertiary/aromatic N) is 5. The van der Waals surface area contributed by atoms with E-state index in [1.165, 1.54) is 0 Å². The molecule has 0 spiro atoms. The smallest absolute Gasteiger partial charge is 0.258 e. The van der Waals surface area contributed by atoms with Crippen molar-refractivity contribution >= 4 is 5.91 Å².